The standard InChI is InChI=1S/C14H26O3/c1-3-11(13-7-16-8-13)5-15-6-12(4-2)14-9-17-10-14/h11-14H,3-10H2,1-2H3. The lowest BCUT2D eigenvalue weighted by molar-refractivity contribution is -0.0990. The highest BCUT2D eigenvalue weighted by atomic mass is 16.5. The average molecular weight is 242 g/mol. The molecule has 0 saturated carbocycles. The largest absolute Gasteiger partial charge is 0.381 e. The second-order valence-electron chi connectivity index (χ2n) is 5.47. The third-order valence-corrected chi connectivity index (χ3v) is 4.37. The maximum Gasteiger partial charge on any atom is 0.0519 e. The van der Waals surface area contributed by atoms with E-state index in [4.69, 9.17) is 14.2 Å². The van der Waals surface area contributed by atoms with Crippen LogP contribution in [0, 0.1) is 23.7 Å². The number of ether oxygens (including phenoxy) is 3. The highest BCUT2D eigenvalue weighted by molar-refractivity contribution is 4.76. The zero-order valence-electron chi connectivity index (χ0n) is 11.2. The Bertz CT molecular complexity index is 190. The smallest absolute Gasteiger partial charge is 0.0519 e. The molecule has 0 aromatic rings. The van der Waals surface area contributed by atoms with Crippen LogP contribution in [-0.2, 0) is 14.2 Å². The fourth-order valence-electron chi connectivity index (χ4n) is 2.60. The average Bonchev–Trinajstić information content (AvgIpc) is 2.20. The Labute approximate surface area is 105 Å². The number of hydrogen-bond acceptors (Lipinski definition) is 3. The third kappa shape index (κ3) is 3.43. The Morgan fingerprint density at radius 1 is 0.882 bits per heavy atom. The molecule has 3 heteroatoms. The summed E-state index contributed by atoms with van der Waals surface area (Å²) in [5.74, 6) is 2.87. The molecule has 2 saturated heterocycles. The van der Waals surface area contributed by atoms with E-state index >= 15 is 0 Å². The van der Waals surface area contributed by atoms with Gasteiger partial charge >= 0.3 is 0 Å². The van der Waals surface area contributed by atoms with Crippen molar-refractivity contribution in [1.82, 2.24) is 0 Å². The molecular weight excluding hydrogens is 216 g/mol. The van der Waals surface area contributed by atoms with Gasteiger partial charge in [0.2, 0.25) is 0 Å². The van der Waals surface area contributed by atoms with Gasteiger partial charge in [-0.05, 0) is 11.8 Å². The lowest BCUT2D eigenvalue weighted by Crippen LogP contribution is -2.38. The molecule has 17 heavy (non-hydrogen) atoms. The highest BCUT2D eigenvalue weighted by Crippen LogP contribution is 2.26. The Kier molecular flexibility index (Phi) is 5.26. The topological polar surface area (TPSA) is 27.7 Å². The van der Waals surface area contributed by atoms with Crippen LogP contribution in [-0.4, -0.2) is 39.6 Å². The summed E-state index contributed by atoms with van der Waals surface area (Å²) in [7, 11) is 0. The van der Waals surface area contributed by atoms with Gasteiger partial charge in [-0.3, -0.25) is 0 Å². The van der Waals surface area contributed by atoms with Crippen molar-refractivity contribution in [3.8, 4) is 0 Å². The van der Waals surface area contributed by atoms with Crippen LogP contribution < -0.4 is 0 Å². The fraction of sp³-hybridized carbons (Fsp3) is 1.00. The van der Waals surface area contributed by atoms with Crippen molar-refractivity contribution in [1.29, 1.82) is 0 Å². The first-order valence-electron chi connectivity index (χ1n) is 7.08. The maximum absolute atomic E-state index is 5.94. The monoisotopic (exact) mass is 242 g/mol. The van der Waals surface area contributed by atoms with Gasteiger partial charge in [0.25, 0.3) is 0 Å². The van der Waals surface area contributed by atoms with Crippen molar-refractivity contribution in [3.63, 3.8) is 0 Å². The molecule has 2 unspecified atom stereocenters. The van der Waals surface area contributed by atoms with E-state index in [1.807, 2.05) is 0 Å². The second kappa shape index (κ2) is 6.72. The molecule has 2 aliphatic heterocycles. The Morgan fingerprint density at radius 2 is 1.29 bits per heavy atom. The van der Waals surface area contributed by atoms with E-state index in [-0.39, 0.29) is 0 Å². The minimum absolute atomic E-state index is 0.693. The van der Waals surface area contributed by atoms with E-state index in [0.717, 1.165) is 51.5 Å². The van der Waals surface area contributed by atoms with Gasteiger partial charge in [0.15, 0.2) is 0 Å². The summed E-state index contributed by atoms with van der Waals surface area (Å²) in [6.07, 6.45) is 2.41. The summed E-state index contributed by atoms with van der Waals surface area (Å²) >= 11 is 0. The van der Waals surface area contributed by atoms with Crippen molar-refractivity contribution in [2.45, 2.75) is 26.7 Å². The van der Waals surface area contributed by atoms with Crippen LogP contribution in [0.25, 0.3) is 0 Å². The number of rotatable bonds is 8. The summed E-state index contributed by atoms with van der Waals surface area (Å²) in [6.45, 7) is 10.1. The van der Waals surface area contributed by atoms with E-state index in [2.05, 4.69) is 13.8 Å². The second-order valence-corrected chi connectivity index (χ2v) is 5.47. The summed E-state index contributed by atoms with van der Waals surface area (Å²) in [5.41, 5.74) is 0. The molecule has 0 aliphatic carbocycles. The van der Waals surface area contributed by atoms with E-state index in [1.165, 1.54) is 12.8 Å². The molecule has 0 radical (unpaired) electrons. The van der Waals surface area contributed by atoms with Gasteiger partial charge in [0.1, 0.15) is 0 Å². The van der Waals surface area contributed by atoms with Crippen LogP contribution in [0.4, 0.5) is 0 Å². The van der Waals surface area contributed by atoms with Gasteiger partial charge in [-0.2, -0.15) is 0 Å². The van der Waals surface area contributed by atoms with Crippen molar-refractivity contribution < 1.29 is 14.2 Å². The minimum atomic E-state index is 0.693. The van der Waals surface area contributed by atoms with E-state index < -0.39 is 0 Å². The van der Waals surface area contributed by atoms with Crippen LogP contribution in [0.3, 0.4) is 0 Å². The maximum atomic E-state index is 5.94. The van der Waals surface area contributed by atoms with Crippen LogP contribution in [0.1, 0.15) is 26.7 Å². The van der Waals surface area contributed by atoms with E-state index in [1.54, 1.807) is 0 Å². The van der Waals surface area contributed by atoms with Crippen LogP contribution in [0.5, 0.6) is 0 Å². The molecular formula is C14H26O3. The Hall–Kier alpha value is -0.120. The SMILES string of the molecule is CCC(COCC(CC)C1COC1)C1COC1. The molecule has 2 rings (SSSR count). The molecule has 0 N–H and O–H groups in total. The van der Waals surface area contributed by atoms with Crippen molar-refractivity contribution in [3.05, 3.63) is 0 Å². The predicted octanol–water partition coefficient (Wildman–Crippen LogP) is 2.35. The van der Waals surface area contributed by atoms with Gasteiger partial charge < -0.3 is 14.2 Å². The van der Waals surface area contributed by atoms with Gasteiger partial charge in [0, 0.05) is 25.0 Å². The van der Waals surface area contributed by atoms with Crippen LogP contribution >= 0.6 is 0 Å². The molecule has 0 spiro atoms. The minimum Gasteiger partial charge on any atom is -0.381 e. The van der Waals surface area contributed by atoms with Gasteiger partial charge in [-0.25, -0.2) is 0 Å². The molecule has 100 valence electrons. The molecule has 2 atom stereocenters. The predicted molar refractivity (Wildman–Crippen MR) is 67.0 cm³/mol. The normalized spacial score (nSPS) is 25.1. The Morgan fingerprint density at radius 3 is 1.53 bits per heavy atom. The van der Waals surface area contributed by atoms with Gasteiger partial charge in [-0.1, -0.05) is 26.7 Å². The Balaban J connectivity index is 1.62. The summed E-state index contributed by atoms with van der Waals surface area (Å²) in [5, 5.41) is 0. The first-order valence-corrected chi connectivity index (χ1v) is 7.08. The molecule has 3 nitrogen and oxygen atoms in total. The van der Waals surface area contributed by atoms with Gasteiger partial charge in [0.05, 0.1) is 26.4 Å². The fourth-order valence-corrected chi connectivity index (χ4v) is 2.60. The van der Waals surface area contributed by atoms with Gasteiger partial charge in [-0.15, -0.1) is 0 Å². The summed E-state index contributed by atoms with van der Waals surface area (Å²) in [4.78, 5) is 0. The molecule has 2 heterocycles. The summed E-state index contributed by atoms with van der Waals surface area (Å²) in [6, 6.07) is 0. The quantitative estimate of drug-likeness (QED) is 0.654. The number of hydrogen-bond donors (Lipinski definition) is 0. The zero-order valence-corrected chi connectivity index (χ0v) is 11.2. The van der Waals surface area contributed by atoms with Crippen molar-refractivity contribution in [2.24, 2.45) is 23.7 Å². The first-order chi connectivity index (χ1) is 8.35. The molecule has 2 aliphatic rings. The molecule has 0 amide bonds. The molecule has 2 fully saturated rings. The molecule has 0 aromatic heterocycles. The van der Waals surface area contributed by atoms with Crippen molar-refractivity contribution >= 4 is 0 Å². The zero-order chi connectivity index (χ0) is 12.1. The highest BCUT2D eigenvalue weighted by Gasteiger charge is 2.29. The lowest BCUT2D eigenvalue weighted by atomic mass is 9.88. The van der Waals surface area contributed by atoms with Crippen LogP contribution in [0.15, 0.2) is 0 Å². The van der Waals surface area contributed by atoms with Crippen LogP contribution in [0.2, 0.25) is 0 Å². The summed E-state index contributed by atoms with van der Waals surface area (Å²) < 4.78 is 16.5. The van der Waals surface area contributed by atoms with E-state index in [0.29, 0.717) is 11.8 Å². The first kappa shape index (κ1) is 13.3. The molecule has 0 aromatic carbocycles. The third-order valence-electron chi connectivity index (χ3n) is 4.37. The van der Waals surface area contributed by atoms with E-state index in [9.17, 15) is 0 Å². The lowest BCUT2D eigenvalue weighted by Gasteiger charge is -2.35. The van der Waals surface area contributed by atoms with Crippen molar-refractivity contribution in [2.75, 3.05) is 39.6 Å². The molecule has 0 bridgehead atoms.